The van der Waals surface area contributed by atoms with Crippen LogP contribution in [0.3, 0.4) is 0 Å². The second-order valence-electron chi connectivity index (χ2n) is 6.87. The van der Waals surface area contributed by atoms with Gasteiger partial charge in [-0.2, -0.15) is 4.31 Å². The van der Waals surface area contributed by atoms with Gasteiger partial charge in [0.05, 0.1) is 14.2 Å². The molecule has 5 nitrogen and oxygen atoms in total. The molecule has 0 spiro atoms. The van der Waals surface area contributed by atoms with Crippen LogP contribution >= 0.6 is 11.6 Å². The molecule has 3 rings (SSSR count). The van der Waals surface area contributed by atoms with Crippen molar-refractivity contribution in [1.82, 2.24) is 4.31 Å². The van der Waals surface area contributed by atoms with Crippen LogP contribution in [-0.2, 0) is 29.0 Å². The minimum Gasteiger partial charge on any atom is -0.497 e. The lowest BCUT2D eigenvalue weighted by Crippen LogP contribution is -2.31. The minimum atomic E-state index is -4.13. The van der Waals surface area contributed by atoms with Crippen LogP contribution in [0, 0.1) is 5.82 Å². The van der Waals surface area contributed by atoms with Crippen molar-refractivity contribution < 1.29 is 22.3 Å². The summed E-state index contributed by atoms with van der Waals surface area (Å²) in [6.45, 7) is 0.129. The average molecular weight is 464 g/mol. The van der Waals surface area contributed by atoms with Gasteiger partial charge >= 0.3 is 0 Å². The fourth-order valence-electron chi connectivity index (χ4n) is 3.07. The van der Waals surface area contributed by atoms with Gasteiger partial charge in [-0.25, -0.2) is 12.8 Å². The zero-order chi connectivity index (χ0) is 22.4. The number of hydrogen-bond donors (Lipinski definition) is 0. The van der Waals surface area contributed by atoms with Crippen LogP contribution in [0.25, 0.3) is 0 Å². The van der Waals surface area contributed by atoms with E-state index in [0.29, 0.717) is 17.1 Å². The Morgan fingerprint density at radius 1 is 0.806 bits per heavy atom. The molecular weight excluding hydrogens is 441 g/mol. The van der Waals surface area contributed by atoms with Gasteiger partial charge in [0.2, 0.25) is 10.0 Å². The number of benzene rings is 3. The van der Waals surface area contributed by atoms with Crippen molar-refractivity contribution in [1.29, 1.82) is 0 Å². The number of methoxy groups -OCH3 is 2. The molecule has 0 radical (unpaired) electrons. The van der Waals surface area contributed by atoms with Crippen molar-refractivity contribution in [2.45, 2.75) is 23.9 Å². The third-order valence-electron chi connectivity index (χ3n) is 4.80. The number of rotatable bonds is 9. The fourth-order valence-corrected chi connectivity index (χ4v) is 4.70. The Bertz CT molecular complexity index is 1070. The molecule has 0 N–H and O–H groups in total. The number of sulfonamides is 1. The highest BCUT2D eigenvalue weighted by atomic mass is 35.5. The molecule has 0 saturated heterocycles. The second kappa shape index (κ2) is 10.1. The fraction of sp³-hybridized carbons (Fsp3) is 0.217. The Kier molecular flexibility index (Phi) is 7.54. The standard InChI is InChI=1S/C23H23ClFNO4S/c1-29-20-8-3-17(4-9-20)15-26(16-18-5-10-21(30-2)11-6-18)31(27,28)23-12-7-19(14-24)13-22(23)25/h3-13H,14-16H2,1-2H3. The van der Waals surface area contributed by atoms with Gasteiger partial charge in [-0.1, -0.05) is 30.3 Å². The van der Waals surface area contributed by atoms with E-state index < -0.39 is 15.8 Å². The lowest BCUT2D eigenvalue weighted by Gasteiger charge is -2.23. The Labute approximate surface area is 187 Å². The number of nitrogens with zero attached hydrogens (tertiary/aromatic N) is 1. The Morgan fingerprint density at radius 3 is 1.65 bits per heavy atom. The predicted octanol–water partition coefficient (Wildman–Crippen LogP) is 4.97. The lowest BCUT2D eigenvalue weighted by molar-refractivity contribution is 0.395. The van der Waals surface area contributed by atoms with E-state index in [1.807, 2.05) is 0 Å². The van der Waals surface area contributed by atoms with E-state index in [-0.39, 0.29) is 23.9 Å². The molecule has 3 aromatic rings. The van der Waals surface area contributed by atoms with Crippen molar-refractivity contribution >= 4 is 21.6 Å². The van der Waals surface area contributed by atoms with E-state index in [9.17, 15) is 12.8 Å². The molecule has 8 heteroatoms. The second-order valence-corrected chi connectivity index (χ2v) is 9.04. The van der Waals surface area contributed by atoms with Gasteiger partial charge in [-0.3, -0.25) is 0 Å². The van der Waals surface area contributed by atoms with E-state index in [4.69, 9.17) is 21.1 Å². The molecule has 0 aliphatic carbocycles. The van der Waals surface area contributed by atoms with Crippen LogP contribution in [0.1, 0.15) is 16.7 Å². The molecule has 0 heterocycles. The van der Waals surface area contributed by atoms with E-state index in [1.54, 1.807) is 62.8 Å². The van der Waals surface area contributed by atoms with Crippen molar-refractivity contribution in [3.05, 3.63) is 89.2 Å². The van der Waals surface area contributed by atoms with Gasteiger partial charge in [-0.05, 0) is 53.1 Å². The molecule has 0 fully saturated rings. The molecular formula is C23H23ClFNO4S. The lowest BCUT2D eigenvalue weighted by atomic mass is 10.2. The van der Waals surface area contributed by atoms with Gasteiger partial charge in [0.25, 0.3) is 0 Å². The maximum Gasteiger partial charge on any atom is 0.246 e. The number of alkyl halides is 1. The third kappa shape index (κ3) is 5.55. The van der Waals surface area contributed by atoms with Crippen LogP contribution in [0.2, 0.25) is 0 Å². The van der Waals surface area contributed by atoms with Gasteiger partial charge in [0.15, 0.2) is 0 Å². The topological polar surface area (TPSA) is 55.8 Å². The van der Waals surface area contributed by atoms with Crippen LogP contribution in [0.5, 0.6) is 11.5 Å². The maximum absolute atomic E-state index is 14.7. The normalized spacial score (nSPS) is 11.5. The monoisotopic (exact) mass is 463 g/mol. The first kappa shape index (κ1) is 23.1. The summed E-state index contributed by atoms with van der Waals surface area (Å²) in [4.78, 5) is -0.386. The number of ether oxygens (including phenoxy) is 2. The number of hydrogen-bond acceptors (Lipinski definition) is 4. The average Bonchev–Trinajstić information content (AvgIpc) is 2.79. The summed E-state index contributed by atoms with van der Waals surface area (Å²) < 4.78 is 53.1. The summed E-state index contributed by atoms with van der Waals surface area (Å²) in [5.41, 5.74) is 2.00. The predicted molar refractivity (Wildman–Crippen MR) is 118 cm³/mol. The first-order chi connectivity index (χ1) is 14.9. The summed E-state index contributed by atoms with van der Waals surface area (Å²) in [7, 11) is -1.02. The Morgan fingerprint density at radius 2 is 1.26 bits per heavy atom. The molecule has 0 bridgehead atoms. The summed E-state index contributed by atoms with van der Waals surface area (Å²) in [6, 6.07) is 18.1. The number of halogens is 2. The highest BCUT2D eigenvalue weighted by Gasteiger charge is 2.28. The quantitative estimate of drug-likeness (QED) is 0.420. The van der Waals surface area contributed by atoms with Crippen molar-refractivity contribution in [3.8, 4) is 11.5 Å². The Balaban J connectivity index is 1.98. The van der Waals surface area contributed by atoms with Crippen LogP contribution < -0.4 is 9.47 Å². The third-order valence-corrected chi connectivity index (χ3v) is 6.94. The first-order valence-electron chi connectivity index (χ1n) is 9.47. The van der Waals surface area contributed by atoms with Crippen LogP contribution in [-0.4, -0.2) is 26.9 Å². The van der Waals surface area contributed by atoms with Crippen molar-refractivity contribution in [2.24, 2.45) is 0 Å². The van der Waals surface area contributed by atoms with Gasteiger partial charge < -0.3 is 9.47 Å². The van der Waals surface area contributed by atoms with Crippen LogP contribution in [0.4, 0.5) is 4.39 Å². The zero-order valence-electron chi connectivity index (χ0n) is 17.2. The summed E-state index contributed by atoms with van der Waals surface area (Å²) in [5.74, 6) is 0.596. The molecule has 3 aromatic carbocycles. The molecule has 0 unspecified atom stereocenters. The molecule has 0 atom stereocenters. The maximum atomic E-state index is 14.7. The van der Waals surface area contributed by atoms with E-state index >= 15 is 0 Å². The highest BCUT2D eigenvalue weighted by molar-refractivity contribution is 7.89. The van der Waals surface area contributed by atoms with E-state index in [0.717, 1.165) is 17.2 Å². The largest absolute Gasteiger partial charge is 0.497 e. The molecule has 0 aromatic heterocycles. The summed E-state index contributed by atoms with van der Waals surface area (Å²) in [5, 5.41) is 0. The van der Waals surface area contributed by atoms with Crippen LogP contribution in [0.15, 0.2) is 71.6 Å². The smallest absolute Gasteiger partial charge is 0.246 e. The Hall–Kier alpha value is -2.61. The summed E-state index contributed by atoms with van der Waals surface area (Å²) >= 11 is 5.75. The zero-order valence-corrected chi connectivity index (χ0v) is 18.8. The van der Waals surface area contributed by atoms with E-state index in [2.05, 4.69) is 0 Å². The van der Waals surface area contributed by atoms with Crippen molar-refractivity contribution in [2.75, 3.05) is 14.2 Å². The summed E-state index contributed by atoms with van der Waals surface area (Å²) in [6.07, 6.45) is 0. The molecule has 0 aliphatic rings. The van der Waals surface area contributed by atoms with E-state index in [1.165, 1.54) is 16.4 Å². The highest BCUT2D eigenvalue weighted by Crippen LogP contribution is 2.26. The molecule has 31 heavy (non-hydrogen) atoms. The van der Waals surface area contributed by atoms with Crippen molar-refractivity contribution in [3.63, 3.8) is 0 Å². The molecule has 0 aliphatic heterocycles. The van der Waals surface area contributed by atoms with Gasteiger partial charge in [0.1, 0.15) is 22.2 Å². The van der Waals surface area contributed by atoms with Gasteiger partial charge in [0, 0.05) is 19.0 Å². The molecule has 0 saturated carbocycles. The minimum absolute atomic E-state index is 0.0645. The molecule has 0 amide bonds. The first-order valence-corrected chi connectivity index (χ1v) is 11.4. The molecule has 164 valence electrons. The van der Waals surface area contributed by atoms with Gasteiger partial charge in [-0.15, -0.1) is 11.6 Å². The SMILES string of the molecule is COc1ccc(CN(Cc2ccc(OC)cc2)S(=O)(=O)c2ccc(CCl)cc2F)cc1.